The molecule has 0 radical (unpaired) electrons. The first-order chi connectivity index (χ1) is 16.0. The summed E-state index contributed by atoms with van der Waals surface area (Å²) in [5.41, 5.74) is 5.15. The van der Waals surface area contributed by atoms with Crippen LogP contribution in [0.3, 0.4) is 0 Å². The van der Waals surface area contributed by atoms with Gasteiger partial charge in [0.25, 0.3) is 0 Å². The highest BCUT2D eigenvalue weighted by Gasteiger charge is 2.20. The van der Waals surface area contributed by atoms with Crippen LogP contribution in [0.1, 0.15) is 35.4 Å². The summed E-state index contributed by atoms with van der Waals surface area (Å²) in [4.78, 5) is 19.9. The minimum Gasteiger partial charge on any atom is -0.438 e. The molecule has 1 aliphatic heterocycles. The number of hydrogen-bond donors (Lipinski definition) is 1. The van der Waals surface area contributed by atoms with Gasteiger partial charge in [-0.05, 0) is 56.5 Å². The maximum atomic E-state index is 6.35. The van der Waals surface area contributed by atoms with Crippen molar-refractivity contribution >= 4 is 34.3 Å². The van der Waals surface area contributed by atoms with E-state index >= 15 is 0 Å². The van der Waals surface area contributed by atoms with Crippen molar-refractivity contribution in [3.05, 3.63) is 51.5 Å². The summed E-state index contributed by atoms with van der Waals surface area (Å²) >= 11 is 1.65. The summed E-state index contributed by atoms with van der Waals surface area (Å²) in [7, 11) is 2.14. The molecule has 172 valence electrons. The van der Waals surface area contributed by atoms with Crippen LogP contribution in [0.15, 0.2) is 30.0 Å². The van der Waals surface area contributed by atoms with E-state index < -0.39 is 0 Å². The second kappa shape index (κ2) is 9.11. The third-order valence-electron chi connectivity index (χ3n) is 6.24. The molecule has 7 nitrogen and oxygen atoms in total. The molecule has 0 unspecified atom stereocenters. The molecule has 5 rings (SSSR count). The quantitative estimate of drug-likeness (QED) is 0.550. The number of aromatic nitrogens is 3. The third-order valence-corrected chi connectivity index (χ3v) is 7.30. The summed E-state index contributed by atoms with van der Waals surface area (Å²) < 4.78 is 6.35. The summed E-state index contributed by atoms with van der Waals surface area (Å²) in [6.45, 7) is 10.2. The molecule has 1 fully saturated rings. The number of allylic oxidation sites excluding steroid dienone is 1. The van der Waals surface area contributed by atoms with Crippen LogP contribution in [0.5, 0.6) is 11.6 Å². The number of thiazole rings is 1. The predicted molar refractivity (Wildman–Crippen MR) is 135 cm³/mol. The van der Waals surface area contributed by atoms with Crippen LogP contribution in [0.4, 0.5) is 16.9 Å². The second-order valence-corrected chi connectivity index (χ2v) is 9.94. The van der Waals surface area contributed by atoms with Gasteiger partial charge in [-0.1, -0.05) is 24.6 Å². The van der Waals surface area contributed by atoms with E-state index in [4.69, 9.17) is 14.7 Å². The van der Waals surface area contributed by atoms with Gasteiger partial charge in [-0.2, -0.15) is 9.97 Å². The fourth-order valence-corrected chi connectivity index (χ4v) is 5.02. The van der Waals surface area contributed by atoms with Crippen molar-refractivity contribution in [1.82, 2.24) is 19.9 Å². The van der Waals surface area contributed by atoms with Gasteiger partial charge in [-0.3, -0.25) is 0 Å². The first kappa shape index (κ1) is 21.9. The van der Waals surface area contributed by atoms with E-state index in [-0.39, 0.29) is 0 Å². The van der Waals surface area contributed by atoms with Crippen LogP contribution in [0.2, 0.25) is 0 Å². The van der Waals surface area contributed by atoms with Crippen molar-refractivity contribution in [3.63, 3.8) is 0 Å². The highest BCUT2D eigenvalue weighted by atomic mass is 32.1. The Labute approximate surface area is 199 Å². The van der Waals surface area contributed by atoms with E-state index in [0.717, 1.165) is 55.5 Å². The Morgan fingerprint density at radius 1 is 1.12 bits per heavy atom. The van der Waals surface area contributed by atoms with Crippen molar-refractivity contribution < 1.29 is 4.74 Å². The van der Waals surface area contributed by atoms with Crippen LogP contribution in [0.25, 0.3) is 6.08 Å². The van der Waals surface area contributed by atoms with Gasteiger partial charge in [0, 0.05) is 43.3 Å². The van der Waals surface area contributed by atoms with E-state index in [1.165, 1.54) is 21.6 Å². The fraction of sp³-hybridized carbons (Fsp3) is 0.400. The first-order valence-corrected chi connectivity index (χ1v) is 12.3. The monoisotopic (exact) mass is 462 g/mol. The Morgan fingerprint density at radius 2 is 1.94 bits per heavy atom. The Morgan fingerprint density at radius 3 is 2.70 bits per heavy atom. The van der Waals surface area contributed by atoms with E-state index in [1.807, 2.05) is 12.3 Å². The topological polar surface area (TPSA) is 66.4 Å². The molecule has 1 aromatic carbocycles. The number of likely N-dealkylation sites (N-methyl/N-ethyl adjacent to an activating group) is 1. The lowest BCUT2D eigenvalue weighted by molar-refractivity contribution is 0.310. The largest absolute Gasteiger partial charge is 0.438 e. The van der Waals surface area contributed by atoms with Gasteiger partial charge in [-0.15, -0.1) is 11.3 Å². The molecule has 2 aromatic heterocycles. The van der Waals surface area contributed by atoms with Gasteiger partial charge in [0.2, 0.25) is 11.8 Å². The molecule has 8 heteroatoms. The molecule has 3 heterocycles. The van der Waals surface area contributed by atoms with E-state index in [0.29, 0.717) is 17.6 Å². The molecule has 0 spiro atoms. The smallest absolute Gasteiger partial charge is 0.230 e. The summed E-state index contributed by atoms with van der Waals surface area (Å²) in [5.74, 6) is 2.75. The van der Waals surface area contributed by atoms with Crippen LogP contribution in [-0.2, 0) is 12.8 Å². The van der Waals surface area contributed by atoms with Crippen LogP contribution in [0, 0.1) is 6.92 Å². The third kappa shape index (κ3) is 4.72. The minimum absolute atomic E-state index is 0.537. The maximum absolute atomic E-state index is 6.35. The predicted octanol–water partition coefficient (Wildman–Crippen LogP) is 5.05. The van der Waals surface area contributed by atoms with Crippen molar-refractivity contribution in [2.24, 2.45) is 0 Å². The first-order valence-electron chi connectivity index (χ1n) is 11.5. The highest BCUT2D eigenvalue weighted by Crippen LogP contribution is 2.35. The maximum Gasteiger partial charge on any atom is 0.230 e. The molecule has 1 saturated heterocycles. The number of benzene rings is 1. The van der Waals surface area contributed by atoms with Gasteiger partial charge in [0.1, 0.15) is 11.6 Å². The van der Waals surface area contributed by atoms with Gasteiger partial charge in [-0.25, -0.2) is 4.98 Å². The van der Waals surface area contributed by atoms with Gasteiger partial charge in [0.15, 0.2) is 5.13 Å². The zero-order chi connectivity index (χ0) is 22.9. The van der Waals surface area contributed by atoms with Crippen molar-refractivity contribution in [1.29, 1.82) is 0 Å². The Hall–Kier alpha value is -2.97. The van der Waals surface area contributed by atoms with Crippen LogP contribution < -0.4 is 15.0 Å². The number of anilines is 3. The number of nitrogens with zero attached hydrogens (tertiary/aromatic N) is 5. The molecule has 0 saturated carbocycles. The lowest BCUT2D eigenvalue weighted by atomic mass is 10.0. The minimum atomic E-state index is 0.537. The number of aryl methyl sites for hydroxylation is 1. The number of fused-ring (bicyclic) bond motifs is 1. The van der Waals surface area contributed by atoms with E-state index in [1.54, 1.807) is 11.3 Å². The lowest BCUT2D eigenvalue weighted by Crippen LogP contribution is -2.45. The normalized spacial score (nSPS) is 16.0. The second-order valence-electron chi connectivity index (χ2n) is 8.82. The molecular formula is C25H30N6OS. The number of ether oxygens (including phenoxy) is 1. The number of rotatable bonds is 6. The average Bonchev–Trinajstić information content (AvgIpc) is 3.42. The standard InChI is InChI=1S/C25H30N6OS/c1-5-19-15-26-25(33-19)28-22-14-23(29-24(27-22)31-10-8-30(4)9-11-31)32-21-7-6-18-12-16(2)13-20(18)17(21)3/h6-7,13-15H,5,8-12H2,1-4H3,(H,26,27,28,29). The molecule has 33 heavy (non-hydrogen) atoms. The van der Waals surface area contributed by atoms with Crippen molar-refractivity contribution in [3.8, 4) is 11.6 Å². The van der Waals surface area contributed by atoms with E-state index in [9.17, 15) is 0 Å². The lowest BCUT2D eigenvalue weighted by Gasteiger charge is -2.32. The van der Waals surface area contributed by atoms with Crippen molar-refractivity contribution in [2.45, 2.75) is 33.6 Å². The van der Waals surface area contributed by atoms with Gasteiger partial charge in [0.05, 0.1) is 0 Å². The Kier molecular flexibility index (Phi) is 6.03. The van der Waals surface area contributed by atoms with Crippen LogP contribution >= 0.6 is 11.3 Å². The number of nitrogens with one attached hydrogen (secondary N) is 1. The molecule has 0 amide bonds. The summed E-state index contributed by atoms with van der Waals surface area (Å²) in [6, 6.07) is 6.08. The Bertz CT molecular complexity index is 1200. The SMILES string of the molecule is CCc1cnc(Nc2cc(Oc3ccc4c(c3C)C=C(C)C4)nc(N3CCN(C)CC3)n2)s1. The van der Waals surface area contributed by atoms with Crippen LogP contribution in [-0.4, -0.2) is 53.1 Å². The highest BCUT2D eigenvalue weighted by molar-refractivity contribution is 7.15. The number of piperazine rings is 1. The molecule has 0 atom stereocenters. The zero-order valence-electron chi connectivity index (χ0n) is 19.7. The average molecular weight is 463 g/mol. The Balaban J connectivity index is 1.47. The molecule has 2 aliphatic rings. The zero-order valence-corrected chi connectivity index (χ0v) is 20.5. The summed E-state index contributed by atoms with van der Waals surface area (Å²) in [6.07, 6.45) is 6.15. The molecule has 1 aliphatic carbocycles. The van der Waals surface area contributed by atoms with Gasteiger partial charge >= 0.3 is 0 Å². The summed E-state index contributed by atoms with van der Waals surface area (Å²) in [5, 5.41) is 4.19. The molecular weight excluding hydrogens is 432 g/mol. The molecule has 3 aromatic rings. The molecule has 0 bridgehead atoms. The van der Waals surface area contributed by atoms with E-state index in [2.05, 4.69) is 66.1 Å². The van der Waals surface area contributed by atoms with Gasteiger partial charge < -0.3 is 19.9 Å². The fourth-order valence-electron chi connectivity index (χ4n) is 4.26. The number of hydrogen-bond acceptors (Lipinski definition) is 8. The van der Waals surface area contributed by atoms with Crippen molar-refractivity contribution in [2.75, 3.05) is 43.4 Å². The molecule has 1 N–H and O–H groups in total.